The maximum Gasteiger partial charge on any atom is 0.266 e. The molecule has 0 amide bonds. The van der Waals surface area contributed by atoms with Crippen LogP contribution < -0.4 is 4.90 Å². The van der Waals surface area contributed by atoms with Crippen molar-refractivity contribution in [1.29, 1.82) is 0 Å². The van der Waals surface area contributed by atoms with Crippen LogP contribution in [0.3, 0.4) is 0 Å². The normalized spacial score (nSPS) is 22.7. The molecule has 2 heterocycles. The van der Waals surface area contributed by atoms with Crippen molar-refractivity contribution in [3.8, 4) is 0 Å². The first-order chi connectivity index (χ1) is 7.86. The molecule has 1 saturated heterocycles. The molecule has 88 valence electrons. The minimum Gasteiger partial charge on any atom is -0.396 e. The van der Waals surface area contributed by atoms with Crippen molar-refractivity contribution in [3.63, 3.8) is 0 Å². The van der Waals surface area contributed by atoms with E-state index < -0.39 is 0 Å². The van der Waals surface area contributed by atoms with Crippen LogP contribution in [-0.2, 0) is 0 Å². The van der Waals surface area contributed by atoms with Gasteiger partial charge in [-0.3, -0.25) is 0 Å². The number of aliphatic hydroxyl groups is 1. The third kappa shape index (κ3) is 1.91. The molecule has 3 rings (SSSR count). The van der Waals surface area contributed by atoms with Gasteiger partial charge in [-0.15, -0.1) is 0 Å². The van der Waals surface area contributed by atoms with Gasteiger partial charge in [0.25, 0.3) is 5.95 Å². The topological polar surface area (TPSA) is 62.4 Å². The van der Waals surface area contributed by atoms with Crippen molar-refractivity contribution < 1.29 is 9.63 Å². The molecule has 2 fully saturated rings. The standard InChI is InChI=1S/C11H17N3O2/c15-7-8-3-5-14(6-4-8)11-12-10(16-13-11)9-1-2-9/h8-9,15H,1-7H2. The molecule has 0 radical (unpaired) electrons. The zero-order valence-corrected chi connectivity index (χ0v) is 9.30. The van der Waals surface area contributed by atoms with Crippen LogP contribution in [-0.4, -0.2) is 34.9 Å². The first-order valence-electron chi connectivity index (χ1n) is 6.06. The summed E-state index contributed by atoms with van der Waals surface area (Å²) in [6.07, 6.45) is 4.41. The van der Waals surface area contributed by atoms with Gasteiger partial charge in [-0.1, -0.05) is 0 Å². The van der Waals surface area contributed by atoms with Crippen LogP contribution in [0.5, 0.6) is 0 Å². The number of aliphatic hydroxyl groups excluding tert-OH is 1. The zero-order valence-electron chi connectivity index (χ0n) is 9.30. The van der Waals surface area contributed by atoms with Crippen molar-refractivity contribution >= 4 is 5.95 Å². The Hall–Kier alpha value is -1.10. The minimum absolute atomic E-state index is 0.299. The van der Waals surface area contributed by atoms with E-state index in [4.69, 9.17) is 9.63 Å². The molecule has 5 nitrogen and oxygen atoms in total. The van der Waals surface area contributed by atoms with Crippen LogP contribution in [0.1, 0.15) is 37.5 Å². The van der Waals surface area contributed by atoms with Crippen molar-refractivity contribution in [2.45, 2.75) is 31.6 Å². The van der Waals surface area contributed by atoms with E-state index >= 15 is 0 Å². The molecule has 1 aromatic rings. The monoisotopic (exact) mass is 223 g/mol. The van der Waals surface area contributed by atoms with Crippen LogP contribution in [0.15, 0.2) is 4.52 Å². The zero-order chi connectivity index (χ0) is 11.0. The van der Waals surface area contributed by atoms with Gasteiger partial charge in [-0.05, 0) is 36.8 Å². The van der Waals surface area contributed by atoms with Crippen LogP contribution in [0, 0.1) is 5.92 Å². The second-order valence-electron chi connectivity index (χ2n) is 4.82. The molecule has 2 aliphatic rings. The van der Waals surface area contributed by atoms with Crippen LogP contribution in [0.2, 0.25) is 0 Å². The van der Waals surface area contributed by atoms with Gasteiger partial charge in [-0.25, -0.2) is 0 Å². The Morgan fingerprint density at radius 1 is 1.25 bits per heavy atom. The van der Waals surface area contributed by atoms with Crippen molar-refractivity contribution in [3.05, 3.63) is 5.89 Å². The first kappa shape index (κ1) is 10.1. The highest BCUT2D eigenvalue weighted by Gasteiger charge is 2.31. The molecule has 1 aliphatic carbocycles. The fraction of sp³-hybridized carbons (Fsp3) is 0.818. The van der Waals surface area contributed by atoms with E-state index in [-0.39, 0.29) is 0 Å². The molecule has 5 heteroatoms. The van der Waals surface area contributed by atoms with Gasteiger partial charge in [-0.2, -0.15) is 4.98 Å². The maximum atomic E-state index is 9.06. The summed E-state index contributed by atoms with van der Waals surface area (Å²) >= 11 is 0. The average Bonchev–Trinajstić information content (AvgIpc) is 3.08. The summed E-state index contributed by atoms with van der Waals surface area (Å²) in [6.45, 7) is 2.15. The molecular formula is C11H17N3O2. The molecule has 0 spiro atoms. The first-order valence-corrected chi connectivity index (χ1v) is 6.06. The summed E-state index contributed by atoms with van der Waals surface area (Å²) < 4.78 is 5.24. The fourth-order valence-electron chi connectivity index (χ4n) is 2.17. The Bertz CT molecular complexity index is 354. The fourth-order valence-corrected chi connectivity index (χ4v) is 2.17. The number of rotatable bonds is 3. The molecule has 1 N–H and O–H groups in total. The number of anilines is 1. The maximum absolute atomic E-state index is 9.06. The quantitative estimate of drug-likeness (QED) is 0.833. The highest BCUT2D eigenvalue weighted by Crippen LogP contribution is 2.39. The van der Waals surface area contributed by atoms with Gasteiger partial charge in [0.2, 0.25) is 5.89 Å². The van der Waals surface area contributed by atoms with Crippen LogP contribution in [0.25, 0.3) is 0 Å². The molecule has 0 unspecified atom stereocenters. The molecular weight excluding hydrogens is 206 g/mol. The molecule has 0 atom stereocenters. The van der Waals surface area contributed by atoms with Crippen molar-refractivity contribution in [2.75, 3.05) is 24.6 Å². The van der Waals surface area contributed by atoms with Gasteiger partial charge in [0.15, 0.2) is 0 Å². The van der Waals surface area contributed by atoms with Gasteiger partial charge >= 0.3 is 0 Å². The predicted octanol–water partition coefficient (Wildman–Crippen LogP) is 1.16. The molecule has 1 aromatic heterocycles. The molecule has 1 saturated carbocycles. The van der Waals surface area contributed by atoms with E-state index in [1.807, 2.05) is 0 Å². The number of hydrogen-bond donors (Lipinski definition) is 1. The van der Waals surface area contributed by atoms with Crippen LogP contribution in [0.4, 0.5) is 5.95 Å². The SMILES string of the molecule is OCC1CCN(c2noc(C3CC3)n2)CC1. The third-order valence-corrected chi connectivity index (χ3v) is 3.51. The average molecular weight is 223 g/mol. The van der Waals surface area contributed by atoms with E-state index in [0.717, 1.165) is 37.8 Å². The third-order valence-electron chi connectivity index (χ3n) is 3.51. The summed E-state index contributed by atoms with van der Waals surface area (Å²) in [7, 11) is 0. The summed E-state index contributed by atoms with van der Waals surface area (Å²) in [5, 5.41) is 13.1. The smallest absolute Gasteiger partial charge is 0.266 e. The van der Waals surface area contributed by atoms with E-state index in [0.29, 0.717) is 18.4 Å². The molecule has 1 aliphatic heterocycles. The summed E-state index contributed by atoms with van der Waals surface area (Å²) in [6, 6.07) is 0. The Morgan fingerprint density at radius 2 is 2.00 bits per heavy atom. The second-order valence-corrected chi connectivity index (χ2v) is 4.82. The van der Waals surface area contributed by atoms with Crippen LogP contribution >= 0.6 is 0 Å². The Morgan fingerprint density at radius 3 is 2.62 bits per heavy atom. The number of hydrogen-bond acceptors (Lipinski definition) is 5. The summed E-state index contributed by atoms with van der Waals surface area (Å²) in [5.74, 6) is 2.51. The second kappa shape index (κ2) is 4.05. The van der Waals surface area contributed by atoms with Gasteiger partial charge in [0, 0.05) is 25.6 Å². The highest BCUT2D eigenvalue weighted by atomic mass is 16.5. The lowest BCUT2D eigenvalue weighted by atomic mass is 9.98. The Balaban J connectivity index is 1.63. The largest absolute Gasteiger partial charge is 0.396 e. The molecule has 16 heavy (non-hydrogen) atoms. The van der Waals surface area contributed by atoms with Gasteiger partial charge < -0.3 is 14.5 Å². The lowest BCUT2D eigenvalue weighted by Crippen LogP contribution is -2.35. The highest BCUT2D eigenvalue weighted by molar-refractivity contribution is 5.29. The van der Waals surface area contributed by atoms with Gasteiger partial charge in [0.1, 0.15) is 0 Å². The molecule has 0 aromatic carbocycles. The number of aromatic nitrogens is 2. The predicted molar refractivity (Wildman–Crippen MR) is 58.3 cm³/mol. The van der Waals surface area contributed by atoms with Crippen molar-refractivity contribution in [1.82, 2.24) is 10.1 Å². The summed E-state index contributed by atoms with van der Waals surface area (Å²) in [4.78, 5) is 6.59. The van der Waals surface area contributed by atoms with E-state index in [1.165, 1.54) is 12.8 Å². The van der Waals surface area contributed by atoms with E-state index in [2.05, 4.69) is 15.0 Å². The number of nitrogens with zero attached hydrogens (tertiary/aromatic N) is 3. The summed E-state index contributed by atoms with van der Waals surface area (Å²) in [5.41, 5.74) is 0. The van der Waals surface area contributed by atoms with E-state index in [9.17, 15) is 0 Å². The lowest BCUT2D eigenvalue weighted by Gasteiger charge is -2.29. The number of piperidine rings is 1. The lowest BCUT2D eigenvalue weighted by molar-refractivity contribution is 0.202. The minimum atomic E-state index is 0.299. The Labute approximate surface area is 94.4 Å². The molecule has 0 bridgehead atoms. The van der Waals surface area contributed by atoms with E-state index in [1.54, 1.807) is 0 Å². The van der Waals surface area contributed by atoms with Crippen molar-refractivity contribution in [2.24, 2.45) is 5.92 Å². The van der Waals surface area contributed by atoms with Gasteiger partial charge in [0.05, 0.1) is 0 Å². The Kier molecular flexibility index (Phi) is 2.55.